The highest BCUT2D eigenvalue weighted by Gasteiger charge is 2.09. The number of hydrogen-bond acceptors (Lipinski definition) is 4. The van der Waals surface area contributed by atoms with E-state index in [9.17, 15) is 4.79 Å². The Balaban J connectivity index is 1.52. The van der Waals surface area contributed by atoms with Crippen molar-refractivity contribution >= 4 is 28.5 Å². The Morgan fingerprint density at radius 1 is 0.933 bits per heavy atom. The first-order valence-electron chi connectivity index (χ1n) is 10.4. The van der Waals surface area contributed by atoms with Gasteiger partial charge in [-0.15, -0.1) is 5.11 Å². The molecule has 1 aliphatic heterocycles. The average Bonchev–Trinajstić information content (AvgIpc) is 2.81. The van der Waals surface area contributed by atoms with Crippen molar-refractivity contribution in [3.63, 3.8) is 0 Å². The lowest BCUT2D eigenvalue weighted by molar-refractivity contribution is -0.138. The number of hydrogen-bond donors (Lipinski definition) is 0. The molecule has 0 aromatic heterocycles. The van der Waals surface area contributed by atoms with Crippen LogP contribution in [0.1, 0.15) is 30.4 Å². The van der Waals surface area contributed by atoms with Crippen molar-refractivity contribution in [3.8, 4) is 0 Å². The molecule has 0 saturated carbocycles. The fourth-order valence-electron chi connectivity index (χ4n) is 3.58. The van der Waals surface area contributed by atoms with Crippen LogP contribution in [0, 0.1) is 0 Å². The molecule has 0 radical (unpaired) electrons. The van der Waals surface area contributed by atoms with Crippen molar-refractivity contribution in [3.05, 3.63) is 83.9 Å². The van der Waals surface area contributed by atoms with Crippen LogP contribution in [0.5, 0.6) is 0 Å². The van der Waals surface area contributed by atoms with Gasteiger partial charge in [0.05, 0.1) is 5.69 Å². The summed E-state index contributed by atoms with van der Waals surface area (Å²) in [5.41, 5.74) is 2.68. The van der Waals surface area contributed by atoms with Crippen LogP contribution >= 0.6 is 0 Å². The number of fused-ring (bicyclic) bond motifs is 1. The van der Waals surface area contributed by atoms with Crippen LogP contribution in [0.25, 0.3) is 16.8 Å². The maximum absolute atomic E-state index is 12.2. The van der Waals surface area contributed by atoms with Crippen LogP contribution in [-0.2, 0) is 16.1 Å². The molecular weight excluding hydrogens is 374 g/mol. The summed E-state index contributed by atoms with van der Waals surface area (Å²) in [5, 5.41) is 13.0. The van der Waals surface area contributed by atoms with Crippen LogP contribution in [0.15, 0.2) is 83.1 Å². The zero-order valence-electron chi connectivity index (χ0n) is 16.9. The molecule has 0 atom stereocenters. The Labute approximate surface area is 176 Å². The van der Waals surface area contributed by atoms with E-state index in [1.807, 2.05) is 71.7 Å². The SMILES string of the molecule is O=C(/C=C/c1cccc2cccc(N=NN3CCCCC3)c12)OCc1ccccc1. The van der Waals surface area contributed by atoms with Crippen molar-refractivity contribution in [2.24, 2.45) is 10.3 Å². The second-order valence-electron chi connectivity index (χ2n) is 7.35. The quantitative estimate of drug-likeness (QED) is 0.287. The van der Waals surface area contributed by atoms with Gasteiger partial charge < -0.3 is 4.74 Å². The molecule has 0 aliphatic carbocycles. The second kappa shape index (κ2) is 9.83. The van der Waals surface area contributed by atoms with Crippen molar-refractivity contribution in [2.45, 2.75) is 25.9 Å². The van der Waals surface area contributed by atoms with Gasteiger partial charge in [-0.05, 0) is 47.9 Å². The lowest BCUT2D eigenvalue weighted by Gasteiger charge is -2.21. The van der Waals surface area contributed by atoms with Gasteiger partial charge in [-0.3, -0.25) is 5.01 Å². The van der Waals surface area contributed by atoms with E-state index in [0.29, 0.717) is 0 Å². The Morgan fingerprint density at radius 3 is 2.50 bits per heavy atom. The van der Waals surface area contributed by atoms with Crippen LogP contribution in [0.3, 0.4) is 0 Å². The van der Waals surface area contributed by atoms with Crippen molar-refractivity contribution in [2.75, 3.05) is 13.1 Å². The Hall–Kier alpha value is -3.47. The summed E-state index contributed by atoms with van der Waals surface area (Å²) in [5.74, 6) is -0.372. The number of carbonyl (C=O) groups excluding carboxylic acids is 1. The number of piperidine rings is 1. The van der Waals surface area contributed by atoms with E-state index in [-0.39, 0.29) is 12.6 Å². The first-order valence-corrected chi connectivity index (χ1v) is 10.4. The number of rotatable bonds is 6. The maximum atomic E-state index is 12.2. The number of carbonyl (C=O) groups is 1. The lowest BCUT2D eigenvalue weighted by atomic mass is 10.0. The van der Waals surface area contributed by atoms with Gasteiger partial charge in [0.2, 0.25) is 0 Å². The second-order valence-corrected chi connectivity index (χ2v) is 7.35. The molecule has 0 spiro atoms. The molecule has 0 unspecified atom stereocenters. The van der Waals surface area contributed by atoms with E-state index < -0.39 is 0 Å². The number of ether oxygens (including phenoxy) is 1. The van der Waals surface area contributed by atoms with Crippen molar-refractivity contribution < 1.29 is 9.53 Å². The van der Waals surface area contributed by atoms with E-state index >= 15 is 0 Å². The minimum atomic E-state index is -0.372. The van der Waals surface area contributed by atoms with Gasteiger partial charge in [0.25, 0.3) is 0 Å². The molecule has 0 N–H and O–H groups in total. The molecule has 30 heavy (non-hydrogen) atoms. The first kappa shape index (κ1) is 19.8. The van der Waals surface area contributed by atoms with Crippen LogP contribution < -0.4 is 0 Å². The molecule has 1 aliphatic rings. The molecule has 152 valence electrons. The van der Waals surface area contributed by atoms with Gasteiger partial charge in [0.1, 0.15) is 6.61 Å². The largest absolute Gasteiger partial charge is 0.458 e. The molecule has 5 nitrogen and oxygen atoms in total. The summed E-state index contributed by atoms with van der Waals surface area (Å²) in [6.45, 7) is 2.16. The predicted molar refractivity (Wildman–Crippen MR) is 119 cm³/mol. The molecule has 5 heteroatoms. The van der Waals surface area contributed by atoms with Crippen LogP contribution in [0.4, 0.5) is 5.69 Å². The van der Waals surface area contributed by atoms with Crippen molar-refractivity contribution in [1.82, 2.24) is 5.01 Å². The fraction of sp³-hybridized carbons (Fsp3) is 0.240. The van der Waals surface area contributed by atoms with E-state index in [2.05, 4.69) is 10.3 Å². The van der Waals surface area contributed by atoms with Gasteiger partial charge >= 0.3 is 5.97 Å². The van der Waals surface area contributed by atoms with Gasteiger partial charge in [0.15, 0.2) is 0 Å². The Bertz CT molecular complexity index is 1050. The third-order valence-electron chi connectivity index (χ3n) is 5.15. The first-order chi connectivity index (χ1) is 14.8. The minimum absolute atomic E-state index is 0.259. The summed E-state index contributed by atoms with van der Waals surface area (Å²) < 4.78 is 5.34. The monoisotopic (exact) mass is 399 g/mol. The maximum Gasteiger partial charge on any atom is 0.331 e. The average molecular weight is 399 g/mol. The minimum Gasteiger partial charge on any atom is -0.458 e. The van der Waals surface area contributed by atoms with Gasteiger partial charge in [-0.1, -0.05) is 65.9 Å². The molecule has 3 aromatic rings. The van der Waals surface area contributed by atoms with Crippen molar-refractivity contribution in [1.29, 1.82) is 0 Å². The molecule has 0 bridgehead atoms. The molecule has 4 rings (SSSR count). The molecule has 1 heterocycles. The third-order valence-corrected chi connectivity index (χ3v) is 5.15. The molecule has 0 amide bonds. The topological polar surface area (TPSA) is 54.3 Å². The van der Waals surface area contributed by atoms with Gasteiger partial charge in [-0.2, -0.15) is 0 Å². The molecule has 1 fully saturated rings. The molecule has 1 saturated heterocycles. The summed E-state index contributed by atoms with van der Waals surface area (Å²) in [6.07, 6.45) is 6.84. The standard InChI is InChI=1S/C25H25N3O2/c29-24(30-19-20-9-3-1-4-10-20)16-15-22-12-7-11-21-13-8-14-23(25(21)22)26-27-28-17-5-2-6-18-28/h1,3-4,7-16H,2,5-6,17-19H2/b16-15+,27-26?. The lowest BCUT2D eigenvalue weighted by Crippen LogP contribution is -2.23. The molecule has 3 aromatic carbocycles. The predicted octanol–water partition coefficient (Wildman–Crippen LogP) is 6.08. The van der Waals surface area contributed by atoms with Crippen LogP contribution in [-0.4, -0.2) is 24.1 Å². The highest BCUT2D eigenvalue weighted by molar-refractivity contribution is 6.00. The Morgan fingerprint density at radius 2 is 1.70 bits per heavy atom. The van der Waals surface area contributed by atoms with Crippen LogP contribution in [0.2, 0.25) is 0 Å². The summed E-state index contributed by atoms with van der Waals surface area (Å²) in [6, 6.07) is 21.6. The zero-order chi connectivity index (χ0) is 20.6. The van der Waals surface area contributed by atoms with Gasteiger partial charge in [0, 0.05) is 24.6 Å². The number of esters is 1. The summed E-state index contributed by atoms with van der Waals surface area (Å²) in [4.78, 5) is 12.2. The van der Waals surface area contributed by atoms with Gasteiger partial charge in [-0.25, -0.2) is 4.79 Å². The van der Waals surface area contributed by atoms with E-state index in [0.717, 1.165) is 53.5 Å². The Kier molecular flexibility index (Phi) is 6.50. The number of nitrogens with zero attached hydrogens (tertiary/aromatic N) is 3. The normalized spacial score (nSPS) is 14.6. The fourth-order valence-corrected chi connectivity index (χ4v) is 3.58. The smallest absolute Gasteiger partial charge is 0.331 e. The highest BCUT2D eigenvalue weighted by Crippen LogP contribution is 2.30. The number of benzene rings is 3. The highest BCUT2D eigenvalue weighted by atomic mass is 16.5. The summed E-state index contributed by atoms with van der Waals surface area (Å²) in [7, 11) is 0. The van der Waals surface area contributed by atoms with E-state index in [1.54, 1.807) is 6.08 Å². The molecular formula is C25H25N3O2. The third kappa shape index (κ3) is 5.11. The van der Waals surface area contributed by atoms with E-state index in [1.165, 1.54) is 12.5 Å². The zero-order valence-corrected chi connectivity index (χ0v) is 16.9. The summed E-state index contributed by atoms with van der Waals surface area (Å²) >= 11 is 0. The van der Waals surface area contributed by atoms with E-state index in [4.69, 9.17) is 4.74 Å².